The second-order valence-electron chi connectivity index (χ2n) is 4.47. The number of hydrogen-bond donors (Lipinski definition) is 0. The first kappa shape index (κ1) is 17.6. The van der Waals surface area contributed by atoms with Gasteiger partial charge in [-0.3, -0.25) is 9.13 Å². The Hall–Kier alpha value is -0.495. The number of hydrogen-bond acceptors (Lipinski definition) is 3. The average Bonchev–Trinajstić information content (AvgIpc) is 2.62. The van der Waals surface area contributed by atoms with Crippen LogP contribution in [0.3, 0.4) is 0 Å². The van der Waals surface area contributed by atoms with Gasteiger partial charge in [-0.1, -0.05) is 18.7 Å². The number of allylic oxidation sites excluding steroid dienone is 1. The first-order valence-corrected chi connectivity index (χ1v) is 6.08. The summed E-state index contributed by atoms with van der Waals surface area (Å²) in [7, 11) is 0. The summed E-state index contributed by atoms with van der Waals surface area (Å²) in [5, 5.41) is 10.4. The van der Waals surface area contributed by atoms with E-state index in [2.05, 4.69) is 6.58 Å². The number of imidazole rings is 1. The van der Waals surface area contributed by atoms with Crippen LogP contribution in [0.4, 0.5) is 0 Å². The fourth-order valence-corrected chi connectivity index (χ4v) is 2.17. The molecule has 0 unspecified atom stereocenters. The number of aliphatic carboxylic acids is 1. The fourth-order valence-electron chi connectivity index (χ4n) is 2.17. The van der Waals surface area contributed by atoms with Crippen LogP contribution in [0, 0.1) is 0 Å². The van der Waals surface area contributed by atoms with Crippen molar-refractivity contribution in [1.82, 2.24) is 9.13 Å². The number of para-hydroxylation sites is 2. The van der Waals surface area contributed by atoms with E-state index in [4.69, 9.17) is 0 Å². The minimum atomic E-state index is -1.10. The third kappa shape index (κ3) is 3.58. The molecule has 1 aromatic heterocycles. The van der Waals surface area contributed by atoms with Gasteiger partial charge in [-0.25, -0.2) is 4.79 Å². The van der Waals surface area contributed by atoms with E-state index in [0.29, 0.717) is 18.7 Å². The molecule has 1 aromatic carbocycles. The number of carbonyl (C=O) groups is 1. The summed E-state index contributed by atoms with van der Waals surface area (Å²) >= 11 is 0. The summed E-state index contributed by atoms with van der Waals surface area (Å²) in [6, 6.07) is 7.39. The van der Waals surface area contributed by atoms with Crippen molar-refractivity contribution in [3.63, 3.8) is 0 Å². The van der Waals surface area contributed by atoms with Gasteiger partial charge in [-0.2, -0.15) is 0 Å². The maximum absolute atomic E-state index is 12.3. The summed E-state index contributed by atoms with van der Waals surface area (Å²) in [6.07, 6.45) is 0.311. The maximum atomic E-state index is 12.3. The molecule has 0 atom stereocenters. The molecule has 6 heteroatoms. The molecule has 1 heterocycles. The number of aryl methyl sites for hydroxylation is 1. The zero-order valence-electron chi connectivity index (χ0n) is 11.8. The zero-order valence-corrected chi connectivity index (χ0v) is 16.7. The average molecular weight is 345 g/mol. The van der Waals surface area contributed by atoms with Crippen LogP contribution < -0.4 is 69.0 Å². The number of carboxylic acids is 1. The fraction of sp³-hybridized carbons (Fsp3) is 0.286. The molecule has 0 radical (unpaired) electrons. The van der Waals surface area contributed by atoms with Gasteiger partial charge in [-0.05, 0) is 31.9 Å². The first-order chi connectivity index (χ1) is 9.02. The van der Waals surface area contributed by atoms with E-state index in [9.17, 15) is 14.7 Å². The van der Waals surface area contributed by atoms with Crippen molar-refractivity contribution in [2.45, 2.75) is 26.3 Å². The van der Waals surface area contributed by atoms with Crippen molar-refractivity contribution < 1.29 is 68.1 Å². The Kier molecular flexibility index (Phi) is 6.58. The van der Waals surface area contributed by atoms with Gasteiger partial charge in [0.05, 0.1) is 11.0 Å². The minimum Gasteiger partial charge on any atom is -0.550 e. The maximum Gasteiger partial charge on any atom is 1.00 e. The number of fused-ring (bicyclic) bond motifs is 1. The van der Waals surface area contributed by atoms with E-state index >= 15 is 0 Å². The van der Waals surface area contributed by atoms with Crippen molar-refractivity contribution >= 4 is 22.7 Å². The molecule has 100 valence electrons. The molecular weight excluding hydrogens is 330 g/mol. The summed E-state index contributed by atoms with van der Waals surface area (Å²) in [5.74, 6) is -1.10. The van der Waals surface area contributed by atoms with Crippen molar-refractivity contribution in [2.24, 2.45) is 0 Å². The summed E-state index contributed by atoms with van der Waals surface area (Å²) in [4.78, 5) is 22.7. The second kappa shape index (κ2) is 7.50. The molecule has 20 heavy (non-hydrogen) atoms. The van der Waals surface area contributed by atoms with E-state index in [-0.39, 0.29) is 70.3 Å². The Morgan fingerprint density at radius 1 is 1.30 bits per heavy atom. The van der Waals surface area contributed by atoms with Crippen molar-refractivity contribution in [3.8, 4) is 0 Å². The molecule has 0 saturated heterocycles. The number of carboxylic acid groups (broad SMARTS) is 1. The van der Waals surface area contributed by atoms with Crippen LogP contribution in [-0.2, 0) is 11.3 Å². The Balaban J connectivity index is 0.00000200. The predicted octanol–water partition coefficient (Wildman–Crippen LogP) is -2.17. The number of nitrogens with zero attached hydrogens (tertiary/aromatic N) is 2. The molecule has 0 bridgehead atoms. The largest absolute Gasteiger partial charge is 1.00 e. The Morgan fingerprint density at radius 3 is 2.45 bits per heavy atom. The quantitative estimate of drug-likeness (QED) is 0.620. The van der Waals surface area contributed by atoms with E-state index in [1.807, 2.05) is 24.3 Å². The van der Waals surface area contributed by atoms with Gasteiger partial charge in [0.2, 0.25) is 0 Å². The molecule has 0 fully saturated rings. The van der Waals surface area contributed by atoms with E-state index in [1.54, 1.807) is 11.5 Å². The third-order valence-corrected chi connectivity index (χ3v) is 2.98. The van der Waals surface area contributed by atoms with E-state index in [1.165, 1.54) is 4.57 Å². The second-order valence-corrected chi connectivity index (χ2v) is 4.47. The SMILES string of the molecule is C=C(C)n1c(=O)n(CCCC(=O)[O-])c2ccccc21.[Rb+]. The van der Waals surface area contributed by atoms with Crippen molar-refractivity contribution in [1.29, 1.82) is 0 Å². The molecule has 0 aliphatic rings. The van der Waals surface area contributed by atoms with Crippen LogP contribution >= 0.6 is 0 Å². The smallest absolute Gasteiger partial charge is 0.550 e. The van der Waals surface area contributed by atoms with Crippen LogP contribution in [0.2, 0.25) is 0 Å². The molecule has 0 N–H and O–H groups in total. The third-order valence-electron chi connectivity index (χ3n) is 2.98. The number of aromatic nitrogens is 2. The number of benzene rings is 1. The van der Waals surface area contributed by atoms with Crippen LogP contribution in [-0.4, -0.2) is 15.1 Å². The van der Waals surface area contributed by atoms with E-state index < -0.39 is 5.97 Å². The predicted molar refractivity (Wildman–Crippen MR) is 71.4 cm³/mol. The molecule has 0 aliphatic heterocycles. The molecule has 2 aromatic rings. The van der Waals surface area contributed by atoms with Crippen molar-refractivity contribution in [2.75, 3.05) is 0 Å². The van der Waals surface area contributed by atoms with Gasteiger partial charge < -0.3 is 9.90 Å². The van der Waals surface area contributed by atoms with Gasteiger partial charge >= 0.3 is 63.9 Å². The zero-order chi connectivity index (χ0) is 14.0. The monoisotopic (exact) mass is 344 g/mol. The molecular formula is C14H15N2O3Rb. The van der Waals surface area contributed by atoms with E-state index in [0.717, 1.165) is 11.0 Å². The first-order valence-electron chi connectivity index (χ1n) is 6.08. The normalized spacial score (nSPS) is 10.2. The van der Waals surface area contributed by atoms with Gasteiger partial charge in [0.15, 0.2) is 0 Å². The topological polar surface area (TPSA) is 67.1 Å². The van der Waals surface area contributed by atoms with Crippen LogP contribution in [0.1, 0.15) is 19.8 Å². The standard InChI is InChI=1S/C14H16N2O3.Rb/c1-10(2)16-12-7-4-3-6-11(12)15(14(16)19)9-5-8-13(17)18;/h3-4,6-7H,1,5,8-9H2,2H3,(H,17,18);/q;+1/p-1. The minimum absolute atomic E-state index is 0. The summed E-state index contributed by atoms with van der Waals surface area (Å²) in [5.41, 5.74) is 2.02. The molecule has 0 aliphatic carbocycles. The van der Waals surface area contributed by atoms with Crippen LogP contribution in [0.15, 0.2) is 35.6 Å². The Morgan fingerprint density at radius 2 is 1.90 bits per heavy atom. The molecule has 0 saturated carbocycles. The van der Waals surface area contributed by atoms with Gasteiger partial charge in [0, 0.05) is 18.2 Å². The van der Waals surface area contributed by atoms with Crippen molar-refractivity contribution in [3.05, 3.63) is 41.3 Å². The Bertz CT molecular complexity index is 700. The van der Waals surface area contributed by atoms with Gasteiger partial charge in [0.25, 0.3) is 0 Å². The molecule has 0 amide bonds. The van der Waals surface area contributed by atoms with Gasteiger partial charge in [0.1, 0.15) is 0 Å². The van der Waals surface area contributed by atoms with Gasteiger partial charge in [-0.15, -0.1) is 0 Å². The van der Waals surface area contributed by atoms with Crippen LogP contribution in [0.25, 0.3) is 16.7 Å². The summed E-state index contributed by atoms with van der Waals surface area (Å²) < 4.78 is 3.11. The Labute approximate surface area is 165 Å². The number of rotatable bonds is 5. The molecule has 5 nitrogen and oxygen atoms in total. The molecule has 0 spiro atoms. The summed E-state index contributed by atoms with van der Waals surface area (Å²) in [6.45, 7) is 5.92. The number of carbonyl (C=O) groups excluding carboxylic acids is 1. The molecule has 2 rings (SSSR count). The van der Waals surface area contributed by atoms with Crippen LogP contribution in [0.5, 0.6) is 0 Å².